The van der Waals surface area contributed by atoms with Gasteiger partial charge >= 0.3 is 0 Å². The van der Waals surface area contributed by atoms with Gasteiger partial charge in [-0.1, -0.05) is 12.1 Å². The average Bonchev–Trinajstić information content (AvgIpc) is 3.41. The van der Waals surface area contributed by atoms with E-state index in [2.05, 4.69) is 26.9 Å². The van der Waals surface area contributed by atoms with E-state index < -0.39 is 0 Å². The molecule has 4 saturated heterocycles. The van der Waals surface area contributed by atoms with Crippen molar-refractivity contribution in [2.75, 3.05) is 26.4 Å². The highest BCUT2D eigenvalue weighted by atomic mass is 16.7. The number of pyridine rings is 1. The molecule has 1 aromatic heterocycles. The maximum Gasteiger partial charge on any atom is 0.231 e. The Labute approximate surface area is 170 Å². The molecular weight excluding hydrogens is 366 g/mol. The Hall–Kier alpha value is -2.60. The highest BCUT2D eigenvalue weighted by molar-refractivity contribution is 5.79. The van der Waals surface area contributed by atoms with Crippen LogP contribution < -0.4 is 9.47 Å². The van der Waals surface area contributed by atoms with Crippen LogP contribution in [0.5, 0.6) is 11.5 Å². The molecule has 3 atom stereocenters. The zero-order valence-electron chi connectivity index (χ0n) is 16.4. The number of hydrogen-bond acceptors (Lipinski definition) is 5. The number of piperidine rings is 3. The second-order valence-electron chi connectivity index (χ2n) is 8.62. The van der Waals surface area contributed by atoms with Gasteiger partial charge < -0.3 is 14.4 Å². The van der Waals surface area contributed by atoms with Gasteiger partial charge in [-0.05, 0) is 61.7 Å². The number of hydrogen-bond donors (Lipinski definition) is 0. The first-order chi connectivity index (χ1) is 14.3. The smallest absolute Gasteiger partial charge is 0.231 e. The lowest BCUT2D eigenvalue weighted by molar-refractivity contribution is -0.135. The molecule has 0 radical (unpaired) electrons. The summed E-state index contributed by atoms with van der Waals surface area (Å²) in [6.45, 7) is 3.36. The fraction of sp³-hybridized carbons (Fsp3) is 0.478. The zero-order valence-corrected chi connectivity index (χ0v) is 16.4. The van der Waals surface area contributed by atoms with Crippen molar-refractivity contribution in [1.82, 2.24) is 14.8 Å². The van der Waals surface area contributed by atoms with Crippen LogP contribution in [0.15, 0.2) is 42.6 Å². The maximum absolute atomic E-state index is 13.3. The molecule has 0 spiro atoms. The molecule has 1 amide bonds. The zero-order chi connectivity index (χ0) is 19.4. The molecule has 7 rings (SSSR count). The number of aromatic nitrogens is 1. The molecule has 6 heteroatoms. The summed E-state index contributed by atoms with van der Waals surface area (Å²) in [5.74, 6) is 2.77. The molecule has 2 bridgehead atoms. The van der Waals surface area contributed by atoms with E-state index in [4.69, 9.17) is 9.47 Å². The van der Waals surface area contributed by atoms with Gasteiger partial charge in [0.05, 0.1) is 12.5 Å². The molecular formula is C23H25N3O3. The van der Waals surface area contributed by atoms with E-state index in [1.807, 2.05) is 24.3 Å². The first-order valence-electron chi connectivity index (χ1n) is 10.6. The molecule has 0 N–H and O–H groups in total. The minimum absolute atomic E-state index is 0.204. The lowest BCUT2D eigenvalue weighted by Gasteiger charge is -2.51. The van der Waals surface area contributed by atoms with Gasteiger partial charge in [0.15, 0.2) is 11.5 Å². The first kappa shape index (κ1) is 17.3. The Morgan fingerprint density at radius 1 is 1.07 bits per heavy atom. The van der Waals surface area contributed by atoms with Gasteiger partial charge in [-0.2, -0.15) is 0 Å². The van der Waals surface area contributed by atoms with Gasteiger partial charge in [0.1, 0.15) is 0 Å². The van der Waals surface area contributed by atoms with E-state index in [9.17, 15) is 4.79 Å². The fourth-order valence-corrected chi connectivity index (χ4v) is 5.90. The minimum atomic E-state index is 0.204. The van der Waals surface area contributed by atoms with Gasteiger partial charge in [-0.3, -0.25) is 14.7 Å². The van der Waals surface area contributed by atoms with Crippen LogP contribution in [0, 0.1) is 5.92 Å². The Morgan fingerprint density at radius 2 is 1.93 bits per heavy atom. The Morgan fingerprint density at radius 3 is 2.76 bits per heavy atom. The number of carbonyl (C=O) groups is 1. The number of carbonyl (C=O) groups excluding carboxylic acids is 1. The molecule has 5 aliphatic heterocycles. The Kier molecular flexibility index (Phi) is 4.01. The van der Waals surface area contributed by atoms with Crippen molar-refractivity contribution in [2.24, 2.45) is 5.92 Å². The summed E-state index contributed by atoms with van der Waals surface area (Å²) < 4.78 is 11.1. The largest absolute Gasteiger partial charge is 0.454 e. The normalized spacial score (nSPS) is 31.7. The minimum Gasteiger partial charge on any atom is -0.454 e. The number of amides is 1. The number of likely N-dealkylation sites (tertiary alicyclic amines) is 1. The fourth-order valence-electron chi connectivity index (χ4n) is 5.90. The van der Waals surface area contributed by atoms with Crippen molar-refractivity contribution >= 4 is 5.91 Å². The molecule has 150 valence electrons. The van der Waals surface area contributed by atoms with Crippen LogP contribution in [0.3, 0.4) is 0 Å². The molecule has 0 saturated carbocycles. The van der Waals surface area contributed by atoms with Crippen molar-refractivity contribution in [3.05, 3.63) is 53.9 Å². The van der Waals surface area contributed by atoms with Crippen LogP contribution in [-0.2, 0) is 11.2 Å². The first-order valence-corrected chi connectivity index (χ1v) is 10.6. The topological polar surface area (TPSA) is 54.9 Å². The number of rotatable bonds is 3. The van der Waals surface area contributed by atoms with Crippen molar-refractivity contribution in [3.8, 4) is 11.5 Å². The quantitative estimate of drug-likeness (QED) is 0.805. The van der Waals surface area contributed by atoms with Gasteiger partial charge in [-0.25, -0.2) is 0 Å². The van der Waals surface area contributed by atoms with Crippen molar-refractivity contribution in [2.45, 2.75) is 37.3 Å². The van der Waals surface area contributed by atoms with E-state index in [0.717, 1.165) is 36.8 Å². The highest BCUT2D eigenvalue weighted by Crippen LogP contribution is 2.48. The van der Waals surface area contributed by atoms with Crippen LogP contribution in [0.4, 0.5) is 0 Å². The van der Waals surface area contributed by atoms with Crippen LogP contribution in [-0.4, -0.2) is 59.2 Å². The van der Waals surface area contributed by atoms with Gasteiger partial charge in [0, 0.05) is 30.4 Å². The summed E-state index contributed by atoms with van der Waals surface area (Å²) in [7, 11) is 0. The molecule has 0 unspecified atom stereocenters. The Bertz CT molecular complexity index is 926. The van der Waals surface area contributed by atoms with E-state index in [-0.39, 0.29) is 5.91 Å². The highest BCUT2D eigenvalue weighted by Gasteiger charge is 2.54. The van der Waals surface area contributed by atoms with Crippen molar-refractivity contribution in [3.63, 3.8) is 0 Å². The number of nitrogens with zero attached hydrogens (tertiary/aromatic N) is 3. The Balaban J connectivity index is 1.32. The van der Waals surface area contributed by atoms with Crippen molar-refractivity contribution < 1.29 is 14.3 Å². The summed E-state index contributed by atoms with van der Waals surface area (Å²) in [4.78, 5) is 22.5. The summed E-state index contributed by atoms with van der Waals surface area (Å²) in [5.41, 5.74) is 2.10. The van der Waals surface area contributed by atoms with Crippen molar-refractivity contribution in [1.29, 1.82) is 0 Å². The van der Waals surface area contributed by atoms with E-state index >= 15 is 0 Å². The summed E-state index contributed by atoms with van der Waals surface area (Å²) in [6, 6.07) is 12.8. The second kappa shape index (κ2) is 6.73. The SMILES string of the molecule is O=C(Cc1ccccn1)N1C[C@@H](c2ccc3c(c2)OCO3)[C@@H]2[C@H]1C1CCN2CC1. The van der Waals surface area contributed by atoms with E-state index in [1.54, 1.807) is 6.20 Å². The molecule has 6 heterocycles. The lowest BCUT2D eigenvalue weighted by atomic mass is 9.75. The third kappa shape index (κ3) is 2.81. The van der Waals surface area contributed by atoms with Crippen LogP contribution in [0.1, 0.15) is 30.0 Å². The molecule has 1 aromatic carbocycles. The standard InChI is InChI=1S/C23H25N3O3/c27-21(12-17-3-1-2-8-24-17)26-13-18(16-4-5-19-20(11-16)29-14-28-19)23-22(26)15-6-9-25(23)10-7-15/h1-5,8,11,15,18,22-23H,6-7,9-10,12-14H2/t18-,22+,23+/m0/s1. The molecule has 2 aromatic rings. The molecule has 6 nitrogen and oxygen atoms in total. The maximum atomic E-state index is 13.3. The molecule has 4 fully saturated rings. The van der Waals surface area contributed by atoms with Gasteiger partial charge in [-0.15, -0.1) is 0 Å². The van der Waals surface area contributed by atoms with Crippen LogP contribution in [0.25, 0.3) is 0 Å². The second-order valence-corrected chi connectivity index (χ2v) is 8.62. The number of benzene rings is 1. The molecule has 5 aliphatic rings. The monoisotopic (exact) mass is 391 g/mol. The predicted octanol–water partition coefficient (Wildman–Crippen LogP) is 2.44. The van der Waals surface area contributed by atoms with Crippen LogP contribution >= 0.6 is 0 Å². The summed E-state index contributed by atoms with van der Waals surface area (Å²) in [6.07, 6.45) is 4.54. The third-order valence-corrected chi connectivity index (χ3v) is 7.20. The molecule has 0 aliphatic carbocycles. The number of ether oxygens (including phenoxy) is 2. The molecule has 29 heavy (non-hydrogen) atoms. The number of fused-ring (bicyclic) bond motifs is 3. The van der Waals surface area contributed by atoms with Crippen LogP contribution in [0.2, 0.25) is 0 Å². The summed E-state index contributed by atoms with van der Waals surface area (Å²) >= 11 is 0. The average molecular weight is 391 g/mol. The predicted molar refractivity (Wildman–Crippen MR) is 107 cm³/mol. The van der Waals surface area contributed by atoms with Gasteiger partial charge in [0.25, 0.3) is 0 Å². The van der Waals surface area contributed by atoms with E-state index in [0.29, 0.717) is 37.1 Å². The lowest BCUT2D eigenvalue weighted by Crippen LogP contribution is -2.60. The van der Waals surface area contributed by atoms with E-state index in [1.165, 1.54) is 18.4 Å². The summed E-state index contributed by atoms with van der Waals surface area (Å²) in [5, 5.41) is 0. The third-order valence-electron chi connectivity index (χ3n) is 7.20. The van der Waals surface area contributed by atoms with Gasteiger partial charge in [0.2, 0.25) is 12.7 Å².